The van der Waals surface area contributed by atoms with Crippen LogP contribution in [-0.2, 0) is 16.0 Å². The van der Waals surface area contributed by atoms with Gasteiger partial charge in [-0.05, 0) is 56.0 Å². The number of nitrogens with one attached hydrogen (secondary N) is 1. The third-order valence-corrected chi connectivity index (χ3v) is 6.53. The summed E-state index contributed by atoms with van der Waals surface area (Å²) in [6.45, 7) is 4.71. The largest absolute Gasteiger partial charge is 0.360 e. The summed E-state index contributed by atoms with van der Waals surface area (Å²) in [5.74, 6) is -0.662. The lowest BCUT2D eigenvalue weighted by molar-refractivity contribution is -0.161. The average Bonchev–Trinajstić information content (AvgIpc) is 2.81. The Hall–Kier alpha value is -2.77. The first-order valence-corrected chi connectivity index (χ1v) is 11.2. The molecule has 1 unspecified atom stereocenters. The Balaban J connectivity index is 1.38. The van der Waals surface area contributed by atoms with Crippen LogP contribution in [0.5, 0.6) is 0 Å². The van der Waals surface area contributed by atoms with Crippen molar-refractivity contribution in [3.63, 3.8) is 0 Å². The zero-order valence-corrected chi connectivity index (χ0v) is 18.6. The van der Waals surface area contributed by atoms with E-state index in [0.717, 1.165) is 44.5 Å². The van der Waals surface area contributed by atoms with E-state index in [1.54, 1.807) is 37.1 Å². The molecular formula is C25H30FN3O3. The van der Waals surface area contributed by atoms with Crippen molar-refractivity contribution in [2.24, 2.45) is 0 Å². The molecule has 6 nitrogen and oxygen atoms in total. The Bertz CT molecular complexity index is 988. The molecule has 2 aromatic carbocycles. The first kappa shape index (κ1) is 22.4. The van der Waals surface area contributed by atoms with Gasteiger partial charge in [0.05, 0.1) is 17.8 Å². The maximum atomic E-state index is 14.4. The van der Waals surface area contributed by atoms with Crippen molar-refractivity contribution in [1.29, 1.82) is 0 Å². The molecule has 2 aliphatic heterocycles. The van der Waals surface area contributed by atoms with Crippen molar-refractivity contribution in [3.8, 4) is 0 Å². The molecule has 2 saturated heterocycles. The number of nitrogens with zero attached hydrogens (tertiary/aromatic N) is 2. The molecular weight excluding hydrogens is 409 g/mol. The molecule has 0 aromatic heterocycles. The van der Waals surface area contributed by atoms with Gasteiger partial charge >= 0.3 is 0 Å². The van der Waals surface area contributed by atoms with Crippen LogP contribution >= 0.6 is 0 Å². The number of ether oxygens (including phenoxy) is 1. The number of amides is 2. The van der Waals surface area contributed by atoms with Gasteiger partial charge in [-0.25, -0.2) is 4.39 Å². The first-order chi connectivity index (χ1) is 15.4. The predicted octanol–water partition coefficient (Wildman–Crippen LogP) is 3.01. The Morgan fingerprint density at radius 3 is 2.66 bits per heavy atom. The fourth-order valence-electron chi connectivity index (χ4n) is 4.68. The van der Waals surface area contributed by atoms with Crippen molar-refractivity contribution in [2.45, 2.75) is 37.9 Å². The highest BCUT2D eigenvalue weighted by atomic mass is 19.1. The highest BCUT2D eigenvalue weighted by molar-refractivity contribution is 5.97. The lowest BCUT2D eigenvalue weighted by Crippen LogP contribution is -2.61. The van der Waals surface area contributed by atoms with Gasteiger partial charge in [-0.1, -0.05) is 24.3 Å². The van der Waals surface area contributed by atoms with Gasteiger partial charge in [-0.15, -0.1) is 0 Å². The van der Waals surface area contributed by atoms with Gasteiger partial charge < -0.3 is 19.9 Å². The summed E-state index contributed by atoms with van der Waals surface area (Å²) in [6, 6.07) is 14.1. The van der Waals surface area contributed by atoms with Gasteiger partial charge in [0, 0.05) is 32.2 Å². The number of likely N-dealkylation sites (tertiary alicyclic amines) is 1. The number of piperidine rings is 1. The van der Waals surface area contributed by atoms with E-state index in [1.165, 1.54) is 6.07 Å². The molecule has 1 atom stereocenters. The molecule has 2 aromatic rings. The molecule has 1 N–H and O–H groups in total. The Morgan fingerprint density at radius 2 is 1.94 bits per heavy atom. The smallest absolute Gasteiger partial charge is 0.256 e. The summed E-state index contributed by atoms with van der Waals surface area (Å²) in [4.78, 5) is 28.5. The summed E-state index contributed by atoms with van der Waals surface area (Å²) in [5, 5.41) is 2.66. The van der Waals surface area contributed by atoms with Crippen molar-refractivity contribution in [1.82, 2.24) is 10.2 Å². The quantitative estimate of drug-likeness (QED) is 0.778. The van der Waals surface area contributed by atoms with Crippen molar-refractivity contribution in [3.05, 3.63) is 65.5 Å². The van der Waals surface area contributed by atoms with Gasteiger partial charge in [0.15, 0.2) is 0 Å². The van der Waals surface area contributed by atoms with Crippen LogP contribution in [0, 0.1) is 5.82 Å². The predicted molar refractivity (Wildman–Crippen MR) is 121 cm³/mol. The number of para-hydroxylation sites is 1. The van der Waals surface area contributed by atoms with E-state index in [9.17, 15) is 14.0 Å². The number of hydrogen-bond acceptors (Lipinski definition) is 4. The van der Waals surface area contributed by atoms with Crippen LogP contribution in [-0.4, -0.2) is 61.6 Å². The zero-order valence-electron chi connectivity index (χ0n) is 18.6. The second kappa shape index (κ2) is 9.38. The van der Waals surface area contributed by atoms with Gasteiger partial charge in [0.2, 0.25) is 0 Å². The fourth-order valence-corrected chi connectivity index (χ4v) is 4.68. The summed E-state index contributed by atoms with van der Waals surface area (Å²) < 4.78 is 20.6. The number of morpholine rings is 1. The van der Waals surface area contributed by atoms with Gasteiger partial charge in [-0.2, -0.15) is 0 Å². The first-order valence-electron chi connectivity index (χ1n) is 11.2. The SMILES string of the molecule is CNC(=O)c1cccc(CCN2CCC3(CC2)CN(c2ccccc2F)C(=O)C(C)O3)c1. The second-order valence-electron chi connectivity index (χ2n) is 8.69. The topological polar surface area (TPSA) is 61.9 Å². The van der Waals surface area contributed by atoms with Crippen molar-refractivity contribution in [2.75, 3.05) is 38.1 Å². The molecule has 0 saturated carbocycles. The van der Waals surface area contributed by atoms with Crippen LogP contribution in [0.1, 0.15) is 35.7 Å². The monoisotopic (exact) mass is 439 g/mol. The lowest BCUT2D eigenvalue weighted by atomic mass is 9.88. The second-order valence-corrected chi connectivity index (χ2v) is 8.69. The van der Waals surface area contributed by atoms with Crippen LogP contribution < -0.4 is 10.2 Å². The Labute approximate surface area is 188 Å². The highest BCUT2D eigenvalue weighted by Gasteiger charge is 2.46. The normalized spacial score (nSPS) is 21.0. The average molecular weight is 440 g/mol. The van der Waals surface area contributed by atoms with Crippen LogP contribution in [0.25, 0.3) is 0 Å². The number of rotatable bonds is 5. The number of anilines is 1. The van der Waals surface area contributed by atoms with Crippen molar-refractivity contribution < 1.29 is 18.7 Å². The van der Waals surface area contributed by atoms with E-state index in [-0.39, 0.29) is 17.6 Å². The molecule has 32 heavy (non-hydrogen) atoms. The van der Waals surface area contributed by atoms with Crippen LogP contribution in [0.15, 0.2) is 48.5 Å². The van der Waals surface area contributed by atoms with E-state index in [0.29, 0.717) is 17.8 Å². The van der Waals surface area contributed by atoms with Gasteiger partial charge in [-0.3, -0.25) is 9.59 Å². The van der Waals surface area contributed by atoms with Gasteiger partial charge in [0.1, 0.15) is 11.9 Å². The maximum absolute atomic E-state index is 14.4. The molecule has 2 aliphatic rings. The summed E-state index contributed by atoms with van der Waals surface area (Å²) in [5.41, 5.74) is 1.67. The summed E-state index contributed by atoms with van der Waals surface area (Å²) in [7, 11) is 1.63. The van der Waals surface area contributed by atoms with Crippen LogP contribution in [0.3, 0.4) is 0 Å². The molecule has 7 heteroatoms. The zero-order chi connectivity index (χ0) is 22.7. The van der Waals surface area contributed by atoms with E-state index in [2.05, 4.69) is 10.2 Å². The lowest BCUT2D eigenvalue weighted by Gasteiger charge is -2.49. The Kier molecular flexibility index (Phi) is 6.58. The molecule has 2 fully saturated rings. The molecule has 170 valence electrons. The fraction of sp³-hybridized carbons (Fsp3) is 0.440. The van der Waals surface area contributed by atoms with Crippen molar-refractivity contribution >= 4 is 17.5 Å². The standard InChI is InChI=1S/C25H30FN3O3/c1-18-24(31)29(22-9-4-3-8-21(22)26)17-25(32-18)11-14-28(15-12-25)13-10-19-6-5-7-20(16-19)23(30)27-2/h3-9,16,18H,10-15,17H2,1-2H3,(H,27,30). The molecule has 0 radical (unpaired) electrons. The number of carbonyl (C=O) groups is 2. The molecule has 4 rings (SSSR count). The number of benzene rings is 2. The van der Waals surface area contributed by atoms with E-state index < -0.39 is 11.7 Å². The highest BCUT2D eigenvalue weighted by Crippen LogP contribution is 2.35. The number of halogens is 1. The van der Waals surface area contributed by atoms with E-state index in [1.807, 2.05) is 24.3 Å². The molecule has 2 amide bonds. The molecule has 0 bridgehead atoms. The number of carbonyl (C=O) groups excluding carboxylic acids is 2. The van der Waals surface area contributed by atoms with Gasteiger partial charge in [0.25, 0.3) is 11.8 Å². The minimum Gasteiger partial charge on any atom is -0.360 e. The maximum Gasteiger partial charge on any atom is 0.256 e. The summed E-state index contributed by atoms with van der Waals surface area (Å²) in [6.07, 6.45) is 1.83. The summed E-state index contributed by atoms with van der Waals surface area (Å²) >= 11 is 0. The molecule has 1 spiro atoms. The minimum absolute atomic E-state index is 0.0794. The molecule has 2 heterocycles. The van der Waals surface area contributed by atoms with Crippen LogP contribution in [0.2, 0.25) is 0 Å². The molecule has 0 aliphatic carbocycles. The third kappa shape index (κ3) is 4.69. The van der Waals surface area contributed by atoms with Crippen LogP contribution in [0.4, 0.5) is 10.1 Å². The van der Waals surface area contributed by atoms with E-state index in [4.69, 9.17) is 4.74 Å². The van der Waals surface area contributed by atoms with E-state index >= 15 is 0 Å². The third-order valence-electron chi connectivity index (χ3n) is 6.53. The number of hydrogen-bond donors (Lipinski definition) is 1. The minimum atomic E-state index is -0.595. The Morgan fingerprint density at radius 1 is 1.19 bits per heavy atom.